The average Bonchev–Trinajstić information content (AvgIpc) is 2.70. The first-order valence-corrected chi connectivity index (χ1v) is 11.6. The van der Waals surface area contributed by atoms with Crippen LogP contribution in [0.15, 0.2) is 12.2 Å². The van der Waals surface area contributed by atoms with Gasteiger partial charge in [-0.1, -0.05) is 76.9 Å². The molecule has 28 heavy (non-hydrogen) atoms. The van der Waals surface area contributed by atoms with Crippen LogP contribution in [0.25, 0.3) is 0 Å². The molecule has 3 N–H and O–H groups in total. The van der Waals surface area contributed by atoms with Crippen molar-refractivity contribution in [2.24, 2.45) is 0 Å². The van der Waals surface area contributed by atoms with Gasteiger partial charge in [0.2, 0.25) is 0 Å². The van der Waals surface area contributed by atoms with Crippen molar-refractivity contribution in [1.29, 1.82) is 0 Å². The van der Waals surface area contributed by atoms with Crippen LogP contribution in [0.4, 0.5) is 0 Å². The summed E-state index contributed by atoms with van der Waals surface area (Å²) >= 11 is 0. The normalized spacial score (nSPS) is 25.6. The number of unbranched alkanes of at least 4 members (excludes halogenated alkanes) is 11. The monoisotopic (exact) mass is 400 g/mol. The first kappa shape index (κ1) is 25.6. The van der Waals surface area contributed by atoms with Crippen molar-refractivity contribution in [1.82, 2.24) is 0 Å². The van der Waals surface area contributed by atoms with Gasteiger partial charge in [-0.05, 0) is 25.7 Å². The minimum atomic E-state index is -1.08. The van der Waals surface area contributed by atoms with Crippen molar-refractivity contribution >= 4 is 0 Å². The van der Waals surface area contributed by atoms with Gasteiger partial charge in [-0.15, -0.1) is 0 Å². The third kappa shape index (κ3) is 11.5. The third-order valence-electron chi connectivity index (χ3n) is 5.49. The molecule has 0 aromatic rings. The van der Waals surface area contributed by atoms with E-state index in [1.807, 2.05) is 0 Å². The van der Waals surface area contributed by atoms with Crippen LogP contribution >= 0.6 is 0 Å². The van der Waals surface area contributed by atoms with Crippen molar-refractivity contribution < 1.29 is 24.8 Å². The molecule has 0 saturated carbocycles. The summed E-state index contributed by atoms with van der Waals surface area (Å²) in [6, 6.07) is 0. The van der Waals surface area contributed by atoms with Gasteiger partial charge in [0.1, 0.15) is 24.4 Å². The van der Waals surface area contributed by atoms with E-state index in [2.05, 4.69) is 19.1 Å². The molecule has 4 atom stereocenters. The molecule has 1 fully saturated rings. The van der Waals surface area contributed by atoms with Crippen molar-refractivity contribution in [2.45, 2.75) is 115 Å². The Hall–Kier alpha value is -0.460. The molecule has 166 valence electrons. The fraction of sp³-hybridized carbons (Fsp3) is 0.913. The Balaban J connectivity index is 1.83. The van der Waals surface area contributed by atoms with Gasteiger partial charge in [0.25, 0.3) is 0 Å². The van der Waals surface area contributed by atoms with E-state index in [1.54, 1.807) is 0 Å². The fourth-order valence-corrected chi connectivity index (χ4v) is 3.58. The summed E-state index contributed by atoms with van der Waals surface area (Å²) in [5.74, 6) is 0. The molecule has 5 nitrogen and oxygen atoms in total. The van der Waals surface area contributed by atoms with Crippen molar-refractivity contribution in [3.63, 3.8) is 0 Å². The van der Waals surface area contributed by atoms with E-state index in [-0.39, 0.29) is 13.2 Å². The number of hydrogen-bond acceptors (Lipinski definition) is 5. The summed E-state index contributed by atoms with van der Waals surface area (Å²) < 4.78 is 11.0. The molecule has 1 saturated heterocycles. The standard InChI is InChI=1S/C23H44O5/c1-2-3-4-5-6-7-8-9-10-11-12-13-14-15-16-17-27-21-19-28-20(18-24)22(25)23(21)26/h4-5,20-26H,2-3,6-19H2,1H3/b5-4+/t20-,21+,22-,23-/m1/s1. The van der Waals surface area contributed by atoms with Gasteiger partial charge in [0.05, 0.1) is 13.2 Å². The second-order valence-corrected chi connectivity index (χ2v) is 8.03. The molecule has 0 bridgehead atoms. The van der Waals surface area contributed by atoms with Crippen LogP contribution in [0.5, 0.6) is 0 Å². The molecule has 0 aromatic heterocycles. The fourth-order valence-electron chi connectivity index (χ4n) is 3.58. The lowest BCUT2D eigenvalue weighted by Gasteiger charge is -2.36. The molecule has 5 heteroatoms. The largest absolute Gasteiger partial charge is 0.394 e. The zero-order valence-electron chi connectivity index (χ0n) is 17.9. The van der Waals surface area contributed by atoms with Crippen LogP contribution in [0.1, 0.15) is 90.4 Å². The highest BCUT2D eigenvalue weighted by Gasteiger charge is 2.38. The summed E-state index contributed by atoms with van der Waals surface area (Å²) in [5.41, 5.74) is 0. The van der Waals surface area contributed by atoms with Gasteiger partial charge in [-0.25, -0.2) is 0 Å². The smallest absolute Gasteiger partial charge is 0.111 e. The van der Waals surface area contributed by atoms with Gasteiger partial charge in [-0.3, -0.25) is 0 Å². The van der Waals surface area contributed by atoms with Crippen LogP contribution in [0, 0.1) is 0 Å². The Morgan fingerprint density at radius 2 is 1.39 bits per heavy atom. The first-order chi connectivity index (χ1) is 13.7. The first-order valence-electron chi connectivity index (χ1n) is 11.6. The lowest BCUT2D eigenvalue weighted by molar-refractivity contribution is -0.208. The molecule has 0 spiro atoms. The minimum Gasteiger partial charge on any atom is -0.394 e. The Labute approximate surface area is 172 Å². The number of aliphatic hydroxyl groups is 3. The lowest BCUT2D eigenvalue weighted by Crippen LogP contribution is -2.55. The number of hydrogen-bond donors (Lipinski definition) is 3. The topological polar surface area (TPSA) is 79.2 Å². The molecule has 0 amide bonds. The van der Waals surface area contributed by atoms with E-state index in [4.69, 9.17) is 14.6 Å². The highest BCUT2D eigenvalue weighted by Crippen LogP contribution is 2.18. The van der Waals surface area contributed by atoms with E-state index in [1.165, 1.54) is 70.6 Å². The van der Waals surface area contributed by atoms with Crippen LogP contribution < -0.4 is 0 Å². The van der Waals surface area contributed by atoms with Crippen LogP contribution in [-0.4, -0.2) is 59.6 Å². The maximum atomic E-state index is 10.00. The van der Waals surface area contributed by atoms with Crippen LogP contribution in [0.2, 0.25) is 0 Å². The zero-order valence-corrected chi connectivity index (χ0v) is 17.9. The second kappa shape index (κ2) is 17.4. The maximum Gasteiger partial charge on any atom is 0.111 e. The Morgan fingerprint density at radius 3 is 2.00 bits per heavy atom. The van der Waals surface area contributed by atoms with Crippen molar-refractivity contribution in [3.05, 3.63) is 12.2 Å². The summed E-state index contributed by atoms with van der Waals surface area (Å²) in [6.45, 7) is 2.73. The van der Waals surface area contributed by atoms with Crippen LogP contribution in [0.3, 0.4) is 0 Å². The number of rotatable bonds is 17. The quantitative estimate of drug-likeness (QED) is 0.253. The van der Waals surface area contributed by atoms with E-state index < -0.39 is 24.4 Å². The molecule has 0 aromatic carbocycles. The van der Waals surface area contributed by atoms with Gasteiger partial charge in [0, 0.05) is 6.61 Å². The SMILES string of the molecule is CCC/C=C/CCCCCCCCCCCCO[C@H]1CO[C@H](CO)[C@@H](O)[C@@H]1O. The van der Waals surface area contributed by atoms with Crippen molar-refractivity contribution in [2.75, 3.05) is 19.8 Å². The highest BCUT2D eigenvalue weighted by atomic mass is 16.6. The van der Waals surface area contributed by atoms with E-state index in [0.717, 1.165) is 12.8 Å². The second-order valence-electron chi connectivity index (χ2n) is 8.03. The van der Waals surface area contributed by atoms with Gasteiger partial charge >= 0.3 is 0 Å². The number of allylic oxidation sites excluding steroid dienone is 2. The summed E-state index contributed by atoms with van der Waals surface area (Å²) in [7, 11) is 0. The van der Waals surface area contributed by atoms with E-state index in [0.29, 0.717) is 6.61 Å². The Morgan fingerprint density at radius 1 is 0.821 bits per heavy atom. The molecular weight excluding hydrogens is 356 g/mol. The van der Waals surface area contributed by atoms with Gasteiger partial charge in [-0.2, -0.15) is 0 Å². The average molecular weight is 401 g/mol. The van der Waals surface area contributed by atoms with Crippen LogP contribution in [-0.2, 0) is 9.47 Å². The minimum absolute atomic E-state index is 0.221. The van der Waals surface area contributed by atoms with E-state index >= 15 is 0 Å². The molecule has 1 aliphatic heterocycles. The number of ether oxygens (including phenoxy) is 2. The third-order valence-corrected chi connectivity index (χ3v) is 5.49. The summed E-state index contributed by atoms with van der Waals surface area (Å²) in [5, 5.41) is 28.9. The predicted octanol–water partition coefficient (Wildman–Crippen LogP) is 4.13. The molecule has 1 heterocycles. The van der Waals surface area contributed by atoms with Gasteiger partial charge in [0.15, 0.2) is 0 Å². The maximum absolute atomic E-state index is 10.00. The Kier molecular flexibility index (Phi) is 15.9. The van der Waals surface area contributed by atoms with Crippen molar-refractivity contribution in [3.8, 4) is 0 Å². The molecule has 1 rings (SSSR count). The van der Waals surface area contributed by atoms with Gasteiger partial charge < -0.3 is 24.8 Å². The lowest BCUT2D eigenvalue weighted by atomic mass is 10.0. The summed E-state index contributed by atoms with van der Waals surface area (Å²) in [4.78, 5) is 0. The molecule has 0 unspecified atom stereocenters. The molecule has 1 aliphatic rings. The highest BCUT2D eigenvalue weighted by molar-refractivity contribution is 4.87. The molecule has 0 aliphatic carbocycles. The Bertz CT molecular complexity index is 374. The molecular formula is C23H44O5. The van der Waals surface area contributed by atoms with E-state index in [9.17, 15) is 10.2 Å². The number of aliphatic hydroxyl groups excluding tert-OH is 3. The zero-order chi connectivity index (χ0) is 20.5. The molecule has 0 radical (unpaired) electrons. The summed E-state index contributed by atoms with van der Waals surface area (Å²) in [6.07, 6.45) is 17.8. The predicted molar refractivity (Wildman–Crippen MR) is 113 cm³/mol.